The Labute approximate surface area is 170 Å². The van der Waals surface area contributed by atoms with E-state index in [9.17, 15) is 23.1 Å². The van der Waals surface area contributed by atoms with Crippen LogP contribution < -0.4 is 4.74 Å². The zero-order valence-electron chi connectivity index (χ0n) is 15.9. The number of rotatable bonds is 3. The van der Waals surface area contributed by atoms with E-state index in [1.165, 1.54) is 18.2 Å². The molecular formula is C22H19F3N2O3. The molecule has 2 heterocycles. The van der Waals surface area contributed by atoms with Crippen molar-refractivity contribution in [3.05, 3.63) is 65.9 Å². The van der Waals surface area contributed by atoms with E-state index in [2.05, 4.69) is 4.98 Å². The number of nitrogens with zero attached hydrogens (tertiary/aromatic N) is 2. The standard InChI is InChI=1S/C22H19F3N2O3/c23-22(24,25)15-4-2-5-17(13-15)30-16-9-11-27(12-10-16)21(29)18-8-7-14-3-1-6-19(28)20(14)26-18/h1-8,13,16,28H,9-12H2. The van der Waals surface area contributed by atoms with Crippen molar-refractivity contribution in [1.29, 1.82) is 0 Å². The minimum atomic E-state index is -4.42. The topological polar surface area (TPSA) is 62.7 Å². The molecule has 30 heavy (non-hydrogen) atoms. The van der Waals surface area contributed by atoms with Gasteiger partial charge in [0.2, 0.25) is 0 Å². The molecule has 0 atom stereocenters. The van der Waals surface area contributed by atoms with Gasteiger partial charge in [-0.05, 0) is 30.3 Å². The largest absolute Gasteiger partial charge is 0.506 e. The number of pyridine rings is 1. The summed E-state index contributed by atoms with van der Waals surface area (Å²) in [6, 6.07) is 13.2. The number of alkyl halides is 3. The molecule has 1 amide bonds. The third kappa shape index (κ3) is 4.17. The second-order valence-corrected chi connectivity index (χ2v) is 7.18. The molecular weight excluding hydrogens is 397 g/mol. The molecule has 0 bridgehead atoms. The Bertz CT molecular complexity index is 1080. The Morgan fingerprint density at radius 3 is 2.53 bits per heavy atom. The second-order valence-electron chi connectivity index (χ2n) is 7.18. The molecule has 0 aliphatic carbocycles. The molecule has 1 fully saturated rings. The van der Waals surface area contributed by atoms with Crippen LogP contribution in [0.3, 0.4) is 0 Å². The summed E-state index contributed by atoms with van der Waals surface area (Å²) in [5, 5.41) is 10.7. The summed E-state index contributed by atoms with van der Waals surface area (Å²) in [6.07, 6.45) is -3.69. The molecule has 8 heteroatoms. The first-order valence-corrected chi connectivity index (χ1v) is 9.53. The number of piperidine rings is 1. The highest BCUT2D eigenvalue weighted by atomic mass is 19.4. The fourth-order valence-corrected chi connectivity index (χ4v) is 3.53. The van der Waals surface area contributed by atoms with Crippen LogP contribution in [0.4, 0.5) is 13.2 Å². The third-order valence-electron chi connectivity index (χ3n) is 5.11. The SMILES string of the molecule is O=C(c1ccc2cccc(O)c2n1)N1CCC(Oc2cccc(C(F)(F)F)c2)CC1. The number of hydrogen-bond donors (Lipinski definition) is 1. The summed E-state index contributed by atoms with van der Waals surface area (Å²) in [7, 11) is 0. The summed E-state index contributed by atoms with van der Waals surface area (Å²) in [5.41, 5.74) is -0.148. The predicted octanol–water partition coefficient (Wildman–Crippen LogP) is 4.64. The molecule has 4 rings (SSSR count). The van der Waals surface area contributed by atoms with Gasteiger partial charge in [-0.3, -0.25) is 4.79 Å². The van der Waals surface area contributed by atoms with Crippen molar-refractivity contribution in [1.82, 2.24) is 9.88 Å². The summed E-state index contributed by atoms with van der Waals surface area (Å²) in [4.78, 5) is 18.7. The lowest BCUT2D eigenvalue weighted by Crippen LogP contribution is -2.42. The number of para-hydroxylation sites is 1. The van der Waals surface area contributed by atoms with Gasteiger partial charge >= 0.3 is 6.18 Å². The van der Waals surface area contributed by atoms with E-state index in [0.717, 1.165) is 17.5 Å². The van der Waals surface area contributed by atoms with Gasteiger partial charge in [-0.1, -0.05) is 24.3 Å². The number of fused-ring (bicyclic) bond motifs is 1. The van der Waals surface area contributed by atoms with Gasteiger partial charge < -0.3 is 14.7 Å². The van der Waals surface area contributed by atoms with Crippen LogP contribution in [-0.2, 0) is 6.18 Å². The summed E-state index contributed by atoms with van der Waals surface area (Å²) >= 11 is 0. The summed E-state index contributed by atoms with van der Waals surface area (Å²) in [5.74, 6) is -0.0747. The van der Waals surface area contributed by atoms with E-state index in [1.54, 1.807) is 29.2 Å². The second kappa shape index (κ2) is 7.85. The maximum atomic E-state index is 12.8. The van der Waals surface area contributed by atoms with E-state index in [-0.39, 0.29) is 29.2 Å². The number of phenolic OH excluding ortho intramolecular Hbond substituents is 1. The molecule has 1 aromatic heterocycles. The number of phenols is 1. The van der Waals surface area contributed by atoms with Gasteiger partial charge in [-0.2, -0.15) is 13.2 Å². The molecule has 1 aliphatic heterocycles. The van der Waals surface area contributed by atoms with E-state index in [0.29, 0.717) is 31.4 Å². The number of amides is 1. The van der Waals surface area contributed by atoms with Crippen molar-refractivity contribution < 1.29 is 27.8 Å². The molecule has 1 saturated heterocycles. The maximum absolute atomic E-state index is 12.8. The molecule has 0 saturated carbocycles. The Hall–Kier alpha value is -3.29. The lowest BCUT2D eigenvalue weighted by atomic mass is 10.1. The number of hydrogen-bond acceptors (Lipinski definition) is 4. The fraction of sp³-hybridized carbons (Fsp3) is 0.273. The molecule has 1 aliphatic rings. The van der Waals surface area contributed by atoms with Crippen LogP contribution in [-0.4, -0.2) is 40.1 Å². The van der Waals surface area contributed by atoms with E-state index < -0.39 is 11.7 Å². The molecule has 5 nitrogen and oxygen atoms in total. The van der Waals surface area contributed by atoms with Crippen molar-refractivity contribution in [3.63, 3.8) is 0 Å². The van der Waals surface area contributed by atoms with Gasteiger partial charge in [0.25, 0.3) is 5.91 Å². The number of aromatic nitrogens is 1. The van der Waals surface area contributed by atoms with Gasteiger partial charge in [-0.15, -0.1) is 0 Å². The molecule has 1 N–H and O–H groups in total. The molecule has 0 unspecified atom stereocenters. The van der Waals surface area contributed by atoms with Gasteiger partial charge in [-0.25, -0.2) is 4.98 Å². The number of likely N-dealkylation sites (tertiary alicyclic amines) is 1. The molecule has 0 spiro atoms. The Morgan fingerprint density at radius 1 is 1.07 bits per heavy atom. The molecule has 0 radical (unpaired) electrons. The quantitative estimate of drug-likeness (QED) is 0.676. The minimum Gasteiger partial charge on any atom is -0.506 e. The highest BCUT2D eigenvalue weighted by Gasteiger charge is 2.31. The average molecular weight is 416 g/mol. The molecule has 3 aromatic rings. The van der Waals surface area contributed by atoms with Crippen LogP contribution in [0.1, 0.15) is 28.9 Å². The van der Waals surface area contributed by atoms with E-state index in [4.69, 9.17) is 4.74 Å². The number of aromatic hydroxyl groups is 1. The minimum absolute atomic E-state index is 0.00958. The summed E-state index contributed by atoms with van der Waals surface area (Å²) in [6.45, 7) is 0.811. The van der Waals surface area contributed by atoms with Crippen LogP contribution in [0.2, 0.25) is 0 Å². The number of halogens is 3. The van der Waals surface area contributed by atoms with Crippen LogP contribution in [0.5, 0.6) is 11.5 Å². The normalized spacial score (nSPS) is 15.4. The van der Waals surface area contributed by atoms with Gasteiger partial charge in [0.1, 0.15) is 28.8 Å². The van der Waals surface area contributed by atoms with Crippen molar-refractivity contribution in [2.45, 2.75) is 25.1 Å². The van der Waals surface area contributed by atoms with Crippen LogP contribution >= 0.6 is 0 Å². The zero-order chi connectivity index (χ0) is 21.3. The highest BCUT2D eigenvalue weighted by molar-refractivity contribution is 5.96. The first-order chi connectivity index (χ1) is 14.3. The highest BCUT2D eigenvalue weighted by Crippen LogP contribution is 2.32. The van der Waals surface area contributed by atoms with Crippen LogP contribution in [0.15, 0.2) is 54.6 Å². The zero-order valence-corrected chi connectivity index (χ0v) is 15.9. The predicted molar refractivity (Wildman–Crippen MR) is 104 cm³/mol. The van der Waals surface area contributed by atoms with Crippen LogP contribution in [0, 0.1) is 0 Å². The maximum Gasteiger partial charge on any atom is 0.416 e. The number of benzene rings is 2. The van der Waals surface area contributed by atoms with Crippen molar-refractivity contribution >= 4 is 16.8 Å². The number of ether oxygens (including phenoxy) is 1. The first-order valence-electron chi connectivity index (χ1n) is 9.53. The lowest BCUT2D eigenvalue weighted by molar-refractivity contribution is -0.137. The van der Waals surface area contributed by atoms with Gasteiger partial charge in [0.15, 0.2) is 0 Å². The fourth-order valence-electron chi connectivity index (χ4n) is 3.53. The van der Waals surface area contributed by atoms with Gasteiger partial charge in [0.05, 0.1) is 5.56 Å². The van der Waals surface area contributed by atoms with E-state index >= 15 is 0 Å². The molecule has 156 valence electrons. The van der Waals surface area contributed by atoms with Crippen molar-refractivity contribution in [2.75, 3.05) is 13.1 Å². The molecule has 2 aromatic carbocycles. The van der Waals surface area contributed by atoms with Gasteiger partial charge in [0, 0.05) is 31.3 Å². The Balaban J connectivity index is 1.40. The van der Waals surface area contributed by atoms with E-state index in [1.807, 2.05) is 0 Å². The number of carbonyl (C=O) groups excluding carboxylic acids is 1. The third-order valence-corrected chi connectivity index (χ3v) is 5.11. The Kier molecular flexibility index (Phi) is 5.24. The number of carbonyl (C=O) groups is 1. The summed E-state index contributed by atoms with van der Waals surface area (Å²) < 4.78 is 44.3. The lowest BCUT2D eigenvalue weighted by Gasteiger charge is -2.32. The van der Waals surface area contributed by atoms with Crippen LogP contribution in [0.25, 0.3) is 10.9 Å². The monoisotopic (exact) mass is 416 g/mol. The van der Waals surface area contributed by atoms with Crippen molar-refractivity contribution in [2.24, 2.45) is 0 Å². The first kappa shape index (κ1) is 20.0. The van der Waals surface area contributed by atoms with Crippen molar-refractivity contribution in [3.8, 4) is 11.5 Å². The Morgan fingerprint density at radius 2 is 1.80 bits per heavy atom. The smallest absolute Gasteiger partial charge is 0.416 e. The average Bonchev–Trinajstić information content (AvgIpc) is 2.73.